The van der Waals surface area contributed by atoms with Gasteiger partial charge in [-0.3, -0.25) is 10.1 Å². The number of aromatic nitrogens is 2. The molecular weight excluding hydrogens is 292 g/mol. The van der Waals surface area contributed by atoms with Crippen molar-refractivity contribution in [1.29, 1.82) is 0 Å². The summed E-state index contributed by atoms with van der Waals surface area (Å²) in [6.45, 7) is 1.16. The first-order valence-corrected chi connectivity index (χ1v) is 7.23. The van der Waals surface area contributed by atoms with Crippen LogP contribution in [0.3, 0.4) is 0 Å². The molecule has 3 aromatic rings. The summed E-state index contributed by atoms with van der Waals surface area (Å²) in [4.78, 5) is 14.8. The molecule has 0 fully saturated rings. The van der Waals surface area contributed by atoms with Crippen LogP contribution < -0.4 is 5.32 Å². The van der Waals surface area contributed by atoms with E-state index >= 15 is 0 Å². The normalized spacial score (nSPS) is 10.4. The Labute approximate surface area is 133 Å². The van der Waals surface area contributed by atoms with E-state index in [0.717, 1.165) is 11.1 Å². The fourth-order valence-corrected chi connectivity index (χ4v) is 2.37. The number of hydrogen-bond donors (Lipinski definition) is 1. The molecule has 0 aliphatic carbocycles. The molecule has 0 spiro atoms. The van der Waals surface area contributed by atoms with E-state index in [1.54, 1.807) is 24.7 Å². The molecule has 116 valence electrons. The summed E-state index contributed by atoms with van der Waals surface area (Å²) in [5, 5.41) is 14.4. The van der Waals surface area contributed by atoms with E-state index in [-0.39, 0.29) is 10.6 Å². The number of benzene rings is 2. The van der Waals surface area contributed by atoms with Gasteiger partial charge in [0.1, 0.15) is 5.69 Å². The van der Waals surface area contributed by atoms with Crippen molar-refractivity contribution in [3.8, 4) is 0 Å². The number of nitro benzene ring substituents is 1. The standard InChI is InChI=1S/C17H16N4O2/c22-21(23)17-7-6-15(12-20-9-8-18-13-20)10-16(17)19-11-14-4-2-1-3-5-14/h1-10,13,19H,11-12H2. The van der Waals surface area contributed by atoms with Gasteiger partial charge < -0.3 is 9.88 Å². The van der Waals surface area contributed by atoms with Crippen molar-refractivity contribution in [2.75, 3.05) is 5.32 Å². The Morgan fingerprint density at radius 3 is 2.65 bits per heavy atom. The molecule has 1 N–H and O–H groups in total. The van der Waals surface area contributed by atoms with Crippen LogP contribution in [0.2, 0.25) is 0 Å². The molecule has 6 nitrogen and oxygen atoms in total. The van der Waals surface area contributed by atoms with Gasteiger partial charge in [-0.1, -0.05) is 36.4 Å². The van der Waals surface area contributed by atoms with Crippen LogP contribution in [0.4, 0.5) is 11.4 Å². The fraction of sp³-hybridized carbons (Fsp3) is 0.118. The average Bonchev–Trinajstić information content (AvgIpc) is 3.07. The first kappa shape index (κ1) is 14.8. The highest BCUT2D eigenvalue weighted by Gasteiger charge is 2.14. The topological polar surface area (TPSA) is 73.0 Å². The monoisotopic (exact) mass is 308 g/mol. The summed E-state index contributed by atoms with van der Waals surface area (Å²) in [5.74, 6) is 0. The highest BCUT2D eigenvalue weighted by Crippen LogP contribution is 2.26. The van der Waals surface area contributed by atoms with Crippen molar-refractivity contribution in [3.05, 3.63) is 88.5 Å². The Morgan fingerprint density at radius 1 is 1.13 bits per heavy atom. The van der Waals surface area contributed by atoms with Crippen LogP contribution in [0, 0.1) is 10.1 Å². The van der Waals surface area contributed by atoms with E-state index in [1.807, 2.05) is 47.2 Å². The van der Waals surface area contributed by atoms with Gasteiger partial charge >= 0.3 is 0 Å². The molecule has 0 aliphatic heterocycles. The van der Waals surface area contributed by atoms with Gasteiger partial charge in [-0.05, 0) is 17.2 Å². The predicted molar refractivity (Wildman–Crippen MR) is 88.2 cm³/mol. The van der Waals surface area contributed by atoms with Gasteiger partial charge in [-0.15, -0.1) is 0 Å². The van der Waals surface area contributed by atoms with Crippen LogP contribution >= 0.6 is 0 Å². The summed E-state index contributed by atoms with van der Waals surface area (Å²) in [6, 6.07) is 14.9. The summed E-state index contributed by atoms with van der Waals surface area (Å²) >= 11 is 0. The predicted octanol–water partition coefficient (Wildman–Crippen LogP) is 3.45. The first-order chi connectivity index (χ1) is 11.2. The van der Waals surface area contributed by atoms with Crippen LogP contribution in [0.5, 0.6) is 0 Å². The number of hydrogen-bond acceptors (Lipinski definition) is 4. The molecule has 0 bridgehead atoms. The highest BCUT2D eigenvalue weighted by molar-refractivity contribution is 5.63. The molecule has 0 atom stereocenters. The number of nitro groups is 1. The molecule has 0 radical (unpaired) electrons. The zero-order valence-corrected chi connectivity index (χ0v) is 12.4. The molecule has 1 heterocycles. The SMILES string of the molecule is O=[N+]([O-])c1ccc(Cn2ccnc2)cc1NCc1ccccc1. The lowest BCUT2D eigenvalue weighted by Crippen LogP contribution is -2.04. The second-order valence-corrected chi connectivity index (χ2v) is 5.18. The largest absolute Gasteiger partial charge is 0.375 e. The molecule has 23 heavy (non-hydrogen) atoms. The molecule has 0 unspecified atom stereocenters. The van der Waals surface area contributed by atoms with Crippen molar-refractivity contribution >= 4 is 11.4 Å². The third kappa shape index (κ3) is 3.74. The van der Waals surface area contributed by atoms with Gasteiger partial charge in [0.25, 0.3) is 5.69 Å². The second-order valence-electron chi connectivity index (χ2n) is 5.18. The molecule has 0 amide bonds. The van der Waals surface area contributed by atoms with Crippen LogP contribution in [0.25, 0.3) is 0 Å². The van der Waals surface area contributed by atoms with E-state index in [2.05, 4.69) is 10.3 Å². The van der Waals surface area contributed by atoms with Crippen molar-refractivity contribution in [1.82, 2.24) is 9.55 Å². The maximum absolute atomic E-state index is 11.2. The van der Waals surface area contributed by atoms with Gasteiger partial charge in [-0.25, -0.2) is 4.98 Å². The summed E-state index contributed by atoms with van der Waals surface area (Å²) < 4.78 is 1.92. The van der Waals surface area contributed by atoms with Crippen molar-refractivity contribution in [2.24, 2.45) is 0 Å². The number of anilines is 1. The summed E-state index contributed by atoms with van der Waals surface area (Å²) in [7, 11) is 0. The van der Waals surface area contributed by atoms with Crippen LogP contribution in [0.15, 0.2) is 67.3 Å². The van der Waals surface area contributed by atoms with Gasteiger partial charge in [0.15, 0.2) is 0 Å². The highest BCUT2D eigenvalue weighted by atomic mass is 16.6. The smallest absolute Gasteiger partial charge is 0.292 e. The Hall–Kier alpha value is -3.15. The zero-order chi connectivity index (χ0) is 16.1. The molecule has 2 aromatic carbocycles. The third-order valence-electron chi connectivity index (χ3n) is 3.51. The molecular formula is C17H16N4O2. The number of nitrogens with one attached hydrogen (secondary N) is 1. The molecule has 3 rings (SSSR count). The van der Waals surface area contributed by atoms with Gasteiger partial charge in [0.05, 0.1) is 11.3 Å². The lowest BCUT2D eigenvalue weighted by molar-refractivity contribution is -0.384. The number of rotatable bonds is 6. The molecule has 1 aromatic heterocycles. The lowest BCUT2D eigenvalue weighted by atomic mass is 10.1. The average molecular weight is 308 g/mol. The van der Waals surface area contributed by atoms with Crippen molar-refractivity contribution in [2.45, 2.75) is 13.1 Å². The molecule has 0 saturated heterocycles. The van der Waals surface area contributed by atoms with E-state index < -0.39 is 0 Å². The Bertz CT molecular complexity index is 786. The summed E-state index contributed by atoms with van der Waals surface area (Å²) in [5.41, 5.74) is 2.65. The van der Waals surface area contributed by atoms with Gasteiger partial charge in [0, 0.05) is 31.5 Å². The van der Waals surface area contributed by atoms with E-state index in [0.29, 0.717) is 18.8 Å². The van der Waals surface area contributed by atoms with Crippen LogP contribution in [0.1, 0.15) is 11.1 Å². The van der Waals surface area contributed by atoms with Crippen LogP contribution in [-0.2, 0) is 13.1 Å². The maximum Gasteiger partial charge on any atom is 0.292 e. The number of imidazole rings is 1. The Morgan fingerprint density at radius 2 is 1.96 bits per heavy atom. The Balaban J connectivity index is 1.81. The van der Waals surface area contributed by atoms with E-state index in [4.69, 9.17) is 0 Å². The molecule has 0 aliphatic rings. The Kier molecular flexibility index (Phi) is 4.33. The van der Waals surface area contributed by atoms with E-state index in [9.17, 15) is 10.1 Å². The van der Waals surface area contributed by atoms with Crippen LogP contribution in [-0.4, -0.2) is 14.5 Å². The van der Waals surface area contributed by atoms with Gasteiger partial charge in [0.2, 0.25) is 0 Å². The van der Waals surface area contributed by atoms with E-state index in [1.165, 1.54) is 0 Å². The van der Waals surface area contributed by atoms with Crippen molar-refractivity contribution in [3.63, 3.8) is 0 Å². The first-order valence-electron chi connectivity index (χ1n) is 7.23. The number of nitrogens with zero attached hydrogens (tertiary/aromatic N) is 3. The van der Waals surface area contributed by atoms with Gasteiger partial charge in [-0.2, -0.15) is 0 Å². The zero-order valence-electron chi connectivity index (χ0n) is 12.4. The minimum atomic E-state index is -0.367. The third-order valence-corrected chi connectivity index (χ3v) is 3.51. The lowest BCUT2D eigenvalue weighted by Gasteiger charge is -2.10. The molecule has 6 heteroatoms. The quantitative estimate of drug-likeness (QED) is 0.559. The maximum atomic E-state index is 11.2. The minimum Gasteiger partial charge on any atom is -0.375 e. The summed E-state index contributed by atoms with van der Waals surface area (Å²) in [6.07, 6.45) is 5.29. The molecule has 0 saturated carbocycles. The second kappa shape index (κ2) is 6.74. The van der Waals surface area contributed by atoms with Crippen molar-refractivity contribution < 1.29 is 4.92 Å². The fourth-order valence-electron chi connectivity index (χ4n) is 2.37. The minimum absolute atomic E-state index is 0.0790.